The Balaban J connectivity index is 3.82. The van der Waals surface area contributed by atoms with Crippen LogP contribution in [0.3, 0.4) is 0 Å². The second-order valence-corrected chi connectivity index (χ2v) is 10.3. The number of amides is 1. The number of nitrogens with one attached hydrogen (secondary N) is 2. The van der Waals surface area contributed by atoms with Gasteiger partial charge in [-0.25, -0.2) is 0 Å². The van der Waals surface area contributed by atoms with Crippen LogP contribution in [0.4, 0.5) is 0 Å². The quantitative estimate of drug-likeness (QED) is 0.135. The summed E-state index contributed by atoms with van der Waals surface area (Å²) < 4.78 is 0. The zero-order valence-corrected chi connectivity index (χ0v) is 22.9. The van der Waals surface area contributed by atoms with Gasteiger partial charge in [0, 0.05) is 61.9 Å². The Labute approximate surface area is 208 Å². The lowest BCUT2D eigenvalue weighted by molar-refractivity contribution is -0.117. The maximum absolute atomic E-state index is 12.0. The third-order valence-corrected chi connectivity index (χ3v) is 6.81. The molecule has 0 spiro atoms. The van der Waals surface area contributed by atoms with E-state index in [4.69, 9.17) is 0 Å². The summed E-state index contributed by atoms with van der Waals surface area (Å²) in [5, 5.41) is 6.89. The lowest BCUT2D eigenvalue weighted by atomic mass is 10.2. The van der Waals surface area contributed by atoms with Crippen LogP contribution in [0.25, 0.3) is 0 Å². The molecule has 0 aliphatic heterocycles. The predicted molar refractivity (Wildman–Crippen MR) is 149 cm³/mol. The molecule has 0 fully saturated rings. The van der Waals surface area contributed by atoms with Gasteiger partial charge in [0.2, 0.25) is 5.91 Å². The van der Waals surface area contributed by atoms with Gasteiger partial charge in [-0.1, -0.05) is 32.2 Å². The first-order valence-electron chi connectivity index (χ1n) is 12.4. The molecule has 33 heavy (non-hydrogen) atoms. The summed E-state index contributed by atoms with van der Waals surface area (Å²) >= 11 is 1.96. The maximum atomic E-state index is 12.0. The number of rotatable bonds is 21. The van der Waals surface area contributed by atoms with E-state index < -0.39 is 0 Å². The van der Waals surface area contributed by atoms with Gasteiger partial charge in [-0.05, 0) is 65.3 Å². The van der Waals surface area contributed by atoms with Gasteiger partial charge in [0.25, 0.3) is 0 Å². The second kappa shape index (κ2) is 19.8. The molecule has 0 aromatic heterocycles. The van der Waals surface area contributed by atoms with Crippen molar-refractivity contribution in [2.75, 3.05) is 53.1 Å². The number of carbonyl (C=O) groups is 1. The molecule has 5 nitrogen and oxygen atoms in total. The van der Waals surface area contributed by atoms with Gasteiger partial charge in [-0.2, -0.15) is 11.8 Å². The molecular formula is C27H50N4OS. The van der Waals surface area contributed by atoms with E-state index in [2.05, 4.69) is 49.2 Å². The Hall–Kier alpha value is -1.66. The Morgan fingerprint density at radius 1 is 1.06 bits per heavy atom. The summed E-state index contributed by atoms with van der Waals surface area (Å²) in [5.41, 5.74) is 3.07. The summed E-state index contributed by atoms with van der Waals surface area (Å²) in [6.07, 6.45) is 11.4. The first-order valence-corrected chi connectivity index (χ1v) is 13.4. The molecule has 0 rings (SSSR count). The van der Waals surface area contributed by atoms with Crippen LogP contribution in [0.2, 0.25) is 0 Å². The Kier molecular flexibility index (Phi) is 18.8. The minimum Gasteiger partial charge on any atom is -0.389 e. The van der Waals surface area contributed by atoms with Crippen LogP contribution in [-0.4, -0.2) is 74.0 Å². The fourth-order valence-corrected chi connectivity index (χ4v) is 4.07. The highest BCUT2D eigenvalue weighted by atomic mass is 32.2. The van der Waals surface area contributed by atoms with Crippen LogP contribution >= 0.6 is 11.8 Å². The van der Waals surface area contributed by atoms with E-state index in [1.165, 1.54) is 17.9 Å². The van der Waals surface area contributed by atoms with E-state index in [-0.39, 0.29) is 5.91 Å². The van der Waals surface area contributed by atoms with Gasteiger partial charge in [-0.15, -0.1) is 6.58 Å². The molecule has 0 heterocycles. The first kappa shape index (κ1) is 31.3. The number of thioether (sulfide) groups is 1. The number of allylic oxidation sites excluding steroid dienone is 2. The van der Waals surface area contributed by atoms with Crippen molar-refractivity contribution in [2.24, 2.45) is 0 Å². The number of hydrogen-bond donors (Lipinski definition) is 2. The molecule has 190 valence electrons. The van der Waals surface area contributed by atoms with Crippen LogP contribution in [-0.2, 0) is 4.79 Å². The highest BCUT2D eigenvalue weighted by Gasteiger charge is 2.10. The number of likely N-dealkylation sites (N-methyl/N-ethyl adjacent to an activating group) is 1. The Morgan fingerprint density at radius 3 is 2.33 bits per heavy atom. The summed E-state index contributed by atoms with van der Waals surface area (Å²) in [4.78, 5) is 16.3. The summed E-state index contributed by atoms with van der Waals surface area (Å²) in [5.74, 6) is 1.21. The molecule has 6 heteroatoms. The van der Waals surface area contributed by atoms with E-state index in [9.17, 15) is 4.79 Å². The third kappa shape index (κ3) is 17.5. The molecule has 1 atom stereocenters. The fourth-order valence-electron chi connectivity index (χ4n) is 3.09. The van der Waals surface area contributed by atoms with Crippen LogP contribution in [0.1, 0.15) is 58.8 Å². The first-order chi connectivity index (χ1) is 15.7. The molecule has 0 aliphatic carbocycles. The molecule has 1 unspecified atom stereocenters. The highest BCUT2D eigenvalue weighted by Crippen LogP contribution is 2.21. The molecule has 0 bridgehead atoms. The van der Waals surface area contributed by atoms with E-state index in [0.717, 1.165) is 76.0 Å². The summed E-state index contributed by atoms with van der Waals surface area (Å²) in [7, 11) is 6.11. The Morgan fingerprint density at radius 2 is 1.73 bits per heavy atom. The van der Waals surface area contributed by atoms with Gasteiger partial charge in [-0.3, -0.25) is 4.79 Å². The van der Waals surface area contributed by atoms with E-state index in [1.807, 2.05) is 49.8 Å². The number of carbonyl (C=O) groups excluding carboxylic acids is 1. The third-order valence-electron chi connectivity index (χ3n) is 5.38. The summed E-state index contributed by atoms with van der Waals surface area (Å²) in [6, 6.07) is 0. The van der Waals surface area contributed by atoms with E-state index >= 15 is 0 Å². The molecule has 0 aromatic rings. The maximum Gasteiger partial charge on any atom is 0.246 e. The van der Waals surface area contributed by atoms with E-state index in [1.54, 1.807) is 0 Å². The largest absolute Gasteiger partial charge is 0.389 e. The van der Waals surface area contributed by atoms with Gasteiger partial charge < -0.3 is 20.4 Å². The minimum absolute atomic E-state index is 0.0377. The average molecular weight is 479 g/mol. The lowest BCUT2D eigenvalue weighted by Gasteiger charge is -2.24. The van der Waals surface area contributed by atoms with Crippen molar-refractivity contribution in [1.82, 2.24) is 20.4 Å². The van der Waals surface area contributed by atoms with Gasteiger partial charge in [0.15, 0.2) is 0 Å². The van der Waals surface area contributed by atoms with Crippen molar-refractivity contribution in [2.45, 2.75) is 64.0 Å². The monoisotopic (exact) mass is 478 g/mol. The Bertz CT molecular complexity index is 615. The van der Waals surface area contributed by atoms with Crippen LogP contribution in [0.15, 0.2) is 48.9 Å². The van der Waals surface area contributed by atoms with Crippen molar-refractivity contribution in [3.05, 3.63) is 48.9 Å². The van der Waals surface area contributed by atoms with Crippen molar-refractivity contribution in [3.8, 4) is 0 Å². The van der Waals surface area contributed by atoms with Crippen molar-refractivity contribution in [3.63, 3.8) is 0 Å². The highest BCUT2D eigenvalue weighted by molar-refractivity contribution is 8.00. The predicted octanol–water partition coefficient (Wildman–Crippen LogP) is 5.20. The second-order valence-electron chi connectivity index (χ2n) is 8.94. The van der Waals surface area contributed by atoms with Gasteiger partial charge in [0.1, 0.15) is 0 Å². The van der Waals surface area contributed by atoms with Crippen molar-refractivity contribution in [1.29, 1.82) is 0 Å². The zero-order valence-electron chi connectivity index (χ0n) is 22.0. The zero-order chi connectivity index (χ0) is 25.1. The molecule has 0 aliphatic rings. The standard InChI is InChI=1S/C27H50N4OS/c1-9-21-33-26(10-2)22-25(5)31(8)19-14-15-24(4)28-17-12-11-13-18-29-27(32)23(3)16-20-30(6)7/h10,16,26,28H,2,4-5,9,11-15,17-22H2,1,3,6-8H3,(H,29,32)/b23-16+. The van der Waals surface area contributed by atoms with Crippen LogP contribution < -0.4 is 10.6 Å². The normalized spacial score (nSPS) is 12.4. The van der Waals surface area contributed by atoms with Gasteiger partial charge >= 0.3 is 0 Å². The molecule has 0 aromatic carbocycles. The fraction of sp³-hybridized carbons (Fsp3) is 0.667. The molecule has 0 radical (unpaired) electrons. The molecule has 2 N–H and O–H groups in total. The number of hydrogen-bond acceptors (Lipinski definition) is 5. The van der Waals surface area contributed by atoms with Crippen LogP contribution in [0, 0.1) is 0 Å². The van der Waals surface area contributed by atoms with Gasteiger partial charge in [0.05, 0.1) is 0 Å². The number of unbranched alkanes of at least 4 members (excludes halogenated alkanes) is 2. The number of nitrogens with zero attached hydrogens (tertiary/aromatic N) is 2. The smallest absolute Gasteiger partial charge is 0.246 e. The minimum atomic E-state index is 0.0377. The van der Waals surface area contributed by atoms with Crippen molar-refractivity contribution >= 4 is 17.7 Å². The van der Waals surface area contributed by atoms with E-state index in [0.29, 0.717) is 5.25 Å². The molecule has 0 saturated carbocycles. The van der Waals surface area contributed by atoms with Crippen molar-refractivity contribution < 1.29 is 4.79 Å². The average Bonchev–Trinajstić information content (AvgIpc) is 2.78. The van der Waals surface area contributed by atoms with Crippen LogP contribution in [0.5, 0.6) is 0 Å². The topological polar surface area (TPSA) is 47.6 Å². The SMILES string of the molecule is C=CC(CC(=C)N(C)CCCC(=C)NCCCCCNC(=O)/C(C)=C/CN(C)C)SCCC. The molecule has 0 saturated heterocycles. The lowest BCUT2D eigenvalue weighted by Crippen LogP contribution is -2.26. The molecule has 1 amide bonds. The summed E-state index contributed by atoms with van der Waals surface area (Å²) in [6.45, 7) is 19.9. The molecular weight excluding hydrogens is 428 g/mol.